The highest BCUT2D eigenvalue weighted by Crippen LogP contribution is 2.51. The maximum absolute atomic E-state index is 13.8. The smallest absolute Gasteiger partial charge is 0.378 e. The first-order chi connectivity index (χ1) is 23.8. The number of hydrogen-bond acceptors (Lipinski definition) is 4. The molecule has 0 spiro atoms. The van der Waals surface area contributed by atoms with Crippen LogP contribution in [0.15, 0.2) is 103 Å². The Bertz CT molecular complexity index is 1950. The number of hydrogen-bond donors (Lipinski definition) is 2. The molecular weight excluding hydrogens is 629 g/mol. The zero-order chi connectivity index (χ0) is 34.0. The number of aromatic nitrogens is 1. The Morgan fingerprint density at radius 3 is 2.18 bits per heavy atom. The number of nitrogens with zero attached hydrogens (tertiary/aromatic N) is 2. The lowest BCUT2D eigenvalue weighted by molar-refractivity contribution is -0.141. The fourth-order valence-electron chi connectivity index (χ4n) is 7.42. The van der Waals surface area contributed by atoms with E-state index in [1.807, 2.05) is 103 Å². The molecular formula is C39H37F3N4O3. The predicted molar refractivity (Wildman–Crippen MR) is 185 cm³/mol. The summed E-state index contributed by atoms with van der Waals surface area (Å²) in [4.78, 5) is 29.5. The lowest BCUT2D eigenvalue weighted by atomic mass is 9.73. The number of aryl methyl sites for hydroxylation is 1. The zero-order valence-electron chi connectivity index (χ0n) is 26.9. The van der Waals surface area contributed by atoms with Crippen molar-refractivity contribution >= 4 is 34.1 Å². The van der Waals surface area contributed by atoms with Crippen molar-refractivity contribution < 1.29 is 27.5 Å². The summed E-state index contributed by atoms with van der Waals surface area (Å²) in [6.45, 7) is 1.93. The molecule has 0 unspecified atom stereocenters. The van der Waals surface area contributed by atoms with E-state index in [0.717, 1.165) is 51.9 Å². The molecule has 5 aromatic rings. The highest BCUT2D eigenvalue weighted by molar-refractivity contribution is 6.11. The number of benzene rings is 4. The van der Waals surface area contributed by atoms with Crippen LogP contribution in [0, 0.1) is 0 Å². The number of para-hydroxylation sites is 1. The summed E-state index contributed by atoms with van der Waals surface area (Å²) in [5, 5.41) is 6.24. The highest BCUT2D eigenvalue weighted by atomic mass is 19.4. The van der Waals surface area contributed by atoms with Gasteiger partial charge < -0.3 is 24.8 Å². The Morgan fingerprint density at radius 1 is 0.796 bits per heavy atom. The Hall–Kier alpha value is -5.09. The number of morpholine rings is 1. The molecule has 1 aromatic heterocycles. The summed E-state index contributed by atoms with van der Waals surface area (Å²) in [5.41, 5.74) is 5.13. The number of anilines is 2. The lowest BCUT2D eigenvalue weighted by Gasteiger charge is -2.31. The van der Waals surface area contributed by atoms with E-state index in [-0.39, 0.29) is 5.91 Å². The van der Waals surface area contributed by atoms with Crippen molar-refractivity contribution in [1.29, 1.82) is 0 Å². The van der Waals surface area contributed by atoms with E-state index in [1.165, 1.54) is 0 Å². The van der Waals surface area contributed by atoms with Crippen LogP contribution in [-0.2, 0) is 21.5 Å². The number of rotatable bonds is 10. The fraction of sp³-hybridized carbons (Fsp3) is 0.282. The Labute approximate surface area is 282 Å². The first kappa shape index (κ1) is 32.5. The number of carbonyl (C=O) groups excluding carboxylic acids is 2. The predicted octanol–water partition coefficient (Wildman–Crippen LogP) is 7.55. The Kier molecular flexibility index (Phi) is 8.90. The van der Waals surface area contributed by atoms with Crippen LogP contribution in [0.1, 0.15) is 40.7 Å². The van der Waals surface area contributed by atoms with Gasteiger partial charge in [-0.2, -0.15) is 13.2 Å². The average Bonchev–Trinajstić information content (AvgIpc) is 3.67. The van der Waals surface area contributed by atoms with Gasteiger partial charge in [0, 0.05) is 36.9 Å². The minimum atomic E-state index is -4.52. The summed E-state index contributed by atoms with van der Waals surface area (Å²) in [7, 11) is 0. The molecule has 1 fully saturated rings. The quantitative estimate of drug-likeness (QED) is 0.151. The molecule has 0 radical (unpaired) electrons. The van der Waals surface area contributed by atoms with E-state index < -0.39 is 24.0 Å². The Balaban J connectivity index is 1.09. The van der Waals surface area contributed by atoms with Crippen molar-refractivity contribution in [2.45, 2.75) is 37.4 Å². The second-order valence-electron chi connectivity index (χ2n) is 12.6. The van der Waals surface area contributed by atoms with Gasteiger partial charge in [0.15, 0.2) is 0 Å². The lowest BCUT2D eigenvalue weighted by Crippen LogP contribution is -2.47. The SMILES string of the molecule is O=C(Nc1cccc2c1ccn2CCCCC1(C(=O)NCC(F)(F)F)c2ccccc2-c2ccccc21)c1ccccc1N1CCOCC1. The van der Waals surface area contributed by atoms with Crippen LogP contribution in [0.4, 0.5) is 24.5 Å². The molecule has 1 saturated heterocycles. The first-order valence-electron chi connectivity index (χ1n) is 16.6. The average molecular weight is 667 g/mol. The summed E-state index contributed by atoms with van der Waals surface area (Å²) in [6.07, 6.45) is -0.904. The third-order valence-corrected chi connectivity index (χ3v) is 9.66. The molecule has 2 aliphatic rings. The van der Waals surface area contributed by atoms with Gasteiger partial charge >= 0.3 is 6.18 Å². The fourth-order valence-corrected chi connectivity index (χ4v) is 7.42. The van der Waals surface area contributed by atoms with E-state index >= 15 is 0 Å². The molecule has 252 valence electrons. The molecule has 7 rings (SSSR count). The molecule has 10 heteroatoms. The van der Waals surface area contributed by atoms with E-state index in [2.05, 4.69) is 20.1 Å². The van der Waals surface area contributed by atoms with Crippen molar-refractivity contribution in [3.8, 4) is 11.1 Å². The van der Waals surface area contributed by atoms with Crippen LogP contribution in [0.25, 0.3) is 22.0 Å². The molecule has 2 heterocycles. The van der Waals surface area contributed by atoms with Crippen LogP contribution >= 0.6 is 0 Å². The molecule has 0 atom stereocenters. The van der Waals surface area contributed by atoms with E-state index in [1.54, 1.807) is 0 Å². The number of unbranched alkanes of at least 4 members (excludes halogenated alkanes) is 1. The molecule has 0 saturated carbocycles. The van der Waals surface area contributed by atoms with Gasteiger partial charge in [-0.15, -0.1) is 0 Å². The van der Waals surface area contributed by atoms with Crippen LogP contribution < -0.4 is 15.5 Å². The number of halogens is 3. The van der Waals surface area contributed by atoms with Gasteiger partial charge in [-0.25, -0.2) is 0 Å². The van der Waals surface area contributed by atoms with E-state index in [0.29, 0.717) is 50.3 Å². The van der Waals surface area contributed by atoms with Gasteiger partial charge in [0.25, 0.3) is 5.91 Å². The zero-order valence-corrected chi connectivity index (χ0v) is 26.9. The maximum atomic E-state index is 13.8. The van der Waals surface area contributed by atoms with Crippen molar-refractivity contribution in [1.82, 2.24) is 9.88 Å². The number of nitrogens with one attached hydrogen (secondary N) is 2. The van der Waals surface area contributed by atoms with Gasteiger partial charge in [0.2, 0.25) is 5.91 Å². The van der Waals surface area contributed by atoms with Crippen LogP contribution in [0.5, 0.6) is 0 Å². The van der Waals surface area contributed by atoms with Gasteiger partial charge in [-0.1, -0.05) is 66.7 Å². The Morgan fingerprint density at radius 2 is 1.47 bits per heavy atom. The molecule has 4 aromatic carbocycles. The van der Waals surface area contributed by atoms with Crippen LogP contribution in [0.3, 0.4) is 0 Å². The summed E-state index contributed by atoms with van der Waals surface area (Å²) in [5.74, 6) is -0.821. The molecule has 49 heavy (non-hydrogen) atoms. The number of amides is 2. The topological polar surface area (TPSA) is 75.6 Å². The first-order valence-corrected chi connectivity index (χ1v) is 16.6. The molecule has 2 amide bonds. The molecule has 1 aliphatic heterocycles. The van der Waals surface area contributed by atoms with E-state index in [9.17, 15) is 22.8 Å². The standard InChI is InChI=1S/C39H37F3N4O3/c40-39(41,42)26-43-37(48)38(31-13-4-1-10-27(31)28-11-2-5-14-32(28)38)19-7-8-20-45-21-18-29-33(15-9-17-34(29)45)44-36(47)30-12-3-6-16-35(30)46-22-24-49-25-23-46/h1-6,9-18,21H,7-8,19-20,22-26H2,(H,43,48)(H,44,47). The second kappa shape index (κ2) is 13.4. The summed E-state index contributed by atoms with van der Waals surface area (Å²) in [6, 6.07) is 30.4. The van der Waals surface area contributed by atoms with Gasteiger partial charge in [0.1, 0.15) is 12.0 Å². The summed E-state index contributed by atoms with van der Waals surface area (Å²) < 4.78 is 47.3. The van der Waals surface area contributed by atoms with Crippen molar-refractivity contribution in [3.05, 3.63) is 120 Å². The molecule has 0 bridgehead atoms. The van der Waals surface area contributed by atoms with Gasteiger partial charge in [0.05, 0.1) is 30.0 Å². The van der Waals surface area contributed by atoms with Crippen molar-refractivity contribution in [2.24, 2.45) is 0 Å². The third-order valence-electron chi connectivity index (χ3n) is 9.66. The normalized spacial score (nSPS) is 15.1. The highest BCUT2D eigenvalue weighted by Gasteiger charge is 2.49. The number of carbonyl (C=O) groups is 2. The van der Waals surface area contributed by atoms with Crippen molar-refractivity contribution in [2.75, 3.05) is 43.1 Å². The number of fused-ring (bicyclic) bond motifs is 4. The van der Waals surface area contributed by atoms with Gasteiger partial charge in [-0.05, 0) is 71.8 Å². The molecule has 7 nitrogen and oxygen atoms in total. The molecule has 2 N–H and O–H groups in total. The van der Waals surface area contributed by atoms with Gasteiger partial charge in [-0.3, -0.25) is 9.59 Å². The number of alkyl halides is 3. The minimum absolute atomic E-state index is 0.187. The minimum Gasteiger partial charge on any atom is -0.378 e. The third kappa shape index (κ3) is 6.28. The van der Waals surface area contributed by atoms with E-state index in [4.69, 9.17) is 4.74 Å². The van der Waals surface area contributed by atoms with Crippen LogP contribution in [0.2, 0.25) is 0 Å². The monoisotopic (exact) mass is 666 g/mol. The summed E-state index contributed by atoms with van der Waals surface area (Å²) >= 11 is 0. The largest absolute Gasteiger partial charge is 0.405 e. The maximum Gasteiger partial charge on any atom is 0.405 e. The van der Waals surface area contributed by atoms with Crippen LogP contribution in [-0.4, -0.2) is 55.4 Å². The number of ether oxygens (including phenoxy) is 1. The van der Waals surface area contributed by atoms with Crippen molar-refractivity contribution in [3.63, 3.8) is 0 Å². The second-order valence-corrected chi connectivity index (χ2v) is 12.6. The molecule has 1 aliphatic carbocycles.